The second-order valence-corrected chi connectivity index (χ2v) is 24.4. The van der Waals surface area contributed by atoms with Gasteiger partial charge in [0, 0.05) is 15.4 Å². The van der Waals surface area contributed by atoms with Crippen LogP contribution in [0.25, 0.3) is 61.4 Å². The smallest absolute Gasteiger partial charge is 0.307 e. The van der Waals surface area contributed by atoms with Crippen molar-refractivity contribution in [3.63, 3.8) is 0 Å². The summed E-state index contributed by atoms with van der Waals surface area (Å²) in [6, 6.07) is 41.5. The maximum atomic E-state index is 6.87. The van der Waals surface area contributed by atoms with E-state index < -0.39 is 0 Å². The molecule has 0 amide bonds. The third-order valence-corrected chi connectivity index (χ3v) is 15.6. The molecule has 3 heterocycles. The van der Waals surface area contributed by atoms with Crippen molar-refractivity contribution in [2.45, 2.75) is 68.8 Å². The number of hydrogen-bond donors (Lipinski definition) is 0. The molecule has 0 unspecified atom stereocenters. The number of imidazole rings is 1. The predicted molar refractivity (Wildman–Crippen MR) is 305 cm³/mol. The lowest BCUT2D eigenvalue weighted by atomic mass is 9.38. The van der Waals surface area contributed by atoms with Gasteiger partial charge in [0.05, 0.1) is 111 Å². The Morgan fingerprint density at radius 2 is 1.00 bits per heavy atom. The molecule has 0 saturated carbocycles. The van der Waals surface area contributed by atoms with E-state index in [4.69, 9.17) is 9.40 Å². The third-order valence-electron chi connectivity index (χ3n) is 14.4. The molecule has 16 heteroatoms. The summed E-state index contributed by atoms with van der Waals surface area (Å²) in [5.74, 6) is 0.622. The fourth-order valence-corrected chi connectivity index (χ4v) is 11.8. The molecule has 0 aliphatic carbocycles. The summed E-state index contributed by atoms with van der Waals surface area (Å²) in [7, 11) is 28.2. The summed E-state index contributed by atoms with van der Waals surface area (Å²) >= 11 is 1.97. The fourth-order valence-electron chi connectivity index (χ4n) is 10.3. The van der Waals surface area contributed by atoms with Crippen LogP contribution in [0, 0.1) is 0 Å². The minimum absolute atomic E-state index is 0.0913. The monoisotopic (exact) mass is 827 g/mol. The Morgan fingerprint density at radius 1 is 0.508 bits per heavy atom. The molecule has 6 aromatic carbocycles. The number of benzene rings is 6. The maximum absolute atomic E-state index is 6.87. The van der Waals surface area contributed by atoms with Crippen LogP contribution in [0.1, 0.15) is 61.1 Å². The highest BCUT2D eigenvalue weighted by molar-refractivity contribution is 7.99. The Bertz CT molecular complexity index is 3160. The van der Waals surface area contributed by atoms with Gasteiger partial charge < -0.3 is 4.42 Å². The molecule has 2 aromatic heterocycles. The second kappa shape index (κ2) is 14.6. The Kier molecular flexibility index (Phi) is 10.2. The quantitative estimate of drug-likeness (QED) is 0.213. The zero-order chi connectivity index (χ0) is 45.4. The van der Waals surface area contributed by atoms with E-state index in [-0.39, 0.29) is 31.3 Å². The van der Waals surface area contributed by atoms with E-state index in [0.717, 1.165) is 33.3 Å². The van der Waals surface area contributed by atoms with Crippen molar-refractivity contribution in [3.05, 3.63) is 143 Å². The number of nitrogens with zero attached hydrogens (tertiary/aromatic N) is 2. The molecular weight excluding hydrogens is 770 g/mol. The van der Waals surface area contributed by atoms with Crippen molar-refractivity contribution in [3.8, 4) is 33.4 Å². The molecular formula is C47H54B12N2OS. The van der Waals surface area contributed by atoms with E-state index in [9.17, 15) is 0 Å². The number of oxazole rings is 1. The topological polar surface area (TPSA) is 30.4 Å². The number of hydrogen-bond acceptors (Lipinski definition) is 3. The molecule has 0 bridgehead atoms. The maximum Gasteiger partial charge on any atom is 0.307 e. The summed E-state index contributed by atoms with van der Waals surface area (Å²) < 4.78 is 9.05. The Morgan fingerprint density at radius 3 is 1.60 bits per heavy atom. The van der Waals surface area contributed by atoms with Crippen molar-refractivity contribution < 1.29 is 4.42 Å². The zero-order valence-corrected chi connectivity index (χ0v) is 41.4. The summed E-state index contributed by atoms with van der Waals surface area (Å²) in [4.78, 5) is 7.67. The molecule has 0 saturated heterocycles. The predicted octanol–water partition coefficient (Wildman–Crippen LogP) is -0.00690. The first kappa shape index (κ1) is 43.9. The molecule has 0 N–H and O–H groups in total. The van der Waals surface area contributed by atoms with Crippen LogP contribution in [-0.4, -0.2) is 104 Å². The highest BCUT2D eigenvalue weighted by Gasteiger charge is 2.45. The van der Waals surface area contributed by atoms with Gasteiger partial charge in [-0.25, -0.2) is 0 Å². The Labute approximate surface area is 390 Å². The van der Waals surface area contributed by atoms with Crippen LogP contribution < -0.4 is 0 Å². The summed E-state index contributed by atoms with van der Waals surface area (Å²) in [6.07, 6.45) is 0. The van der Waals surface area contributed by atoms with Gasteiger partial charge in [-0.15, -0.1) is 0 Å². The van der Waals surface area contributed by atoms with Crippen molar-refractivity contribution in [1.29, 1.82) is 0 Å². The minimum Gasteiger partial charge on any atom is -0.422 e. The van der Waals surface area contributed by atoms with E-state index in [1.165, 1.54) is 65.4 Å². The van der Waals surface area contributed by atoms with Gasteiger partial charge in [-0.1, -0.05) is 155 Å². The molecule has 1 aliphatic rings. The van der Waals surface area contributed by atoms with Gasteiger partial charge in [0.25, 0.3) is 0 Å². The highest BCUT2D eigenvalue weighted by atomic mass is 32.2. The van der Waals surface area contributed by atoms with E-state index >= 15 is 0 Å². The number of para-hydroxylation sites is 2. The van der Waals surface area contributed by atoms with Crippen molar-refractivity contribution >= 4 is 134 Å². The standard InChI is InChI=1S/C47H54B12N2OS/c1-42(2)29-9-5-8-12-36(29)63-40-32(43(42,3)4)18-17-31(47(57,58)59)38(40)24-14-16-28(45(51,52)53)26(22-24)25-21-23(13-15-27(25)44(48,49)50)37-30(46(54,55)56)19-20-35-39(37)62-41-60-33-10-6-7-11-34(33)61(35)41/h5-22H,48-59H2,1-4H3. The van der Waals surface area contributed by atoms with Crippen molar-refractivity contribution in [2.24, 2.45) is 0 Å². The van der Waals surface area contributed by atoms with E-state index in [0.29, 0.717) is 5.84 Å². The fraction of sp³-hybridized carbons (Fsp3) is 0.213. The largest absolute Gasteiger partial charge is 0.422 e. The second-order valence-electron chi connectivity index (χ2n) is 23.4. The molecule has 8 aromatic rings. The van der Waals surface area contributed by atoms with Crippen LogP contribution in [-0.2, 0) is 31.3 Å². The Hall–Kier alpha value is -4.28. The molecule has 3 nitrogen and oxygen atoms in total. The van der Waals surface area contributed by atoms with Crippen LogP contribution in [0.2, 0.25) is 0 Å². The number of aromatic nitrogens is 2. The lowest BCUT2D eigenvalue weighted by Crippen LogP contribution is -2.40. The van der Waals surface area contributed by atoms with Gasteiger partial charge >= 0.3 is 5.84 Å². The van der Waals surface area contributed by atoms with Crippen molar-refractivity contribution in [2.75, 3.05) is 0 Å². The molecule has 0 fully saturated rings. The van der Waals surface area contributed by atoms with E-state index in [1.54, 1.807) is 0 Å². The number of fused-ring (bicyclic) bond motifs is 7. The average molecular weight is 825 g/mol. The normalized spacial score (nSPS) is 15.3. The van der Waals surface area contributed by atoms with E-state index in [1.807, 2.05) is 17.8 Å². The summed E-state index contributed by atoms with van der Waals surface area (Å²) in [5, 5.41) is -0.486. The first-order chi connectivity index (χ1) is 29.3. The first-order valence-corrected chi connectivity index (χ1v) is 23.7. The molecule has 63 heavy (non-hydrogen) atoms. The molecule has 0 atom stereocenters. The average Bonchev–Trinajstić information content (AvgIpc) is 3.73. The van der Waals surface area contributed by atoms with Gasteiger partial charge in [-0.3, -0.25) is 4.40 Å². The summed E-state index contributed by atoms with van der Waals surface area (Å²) in [6.45, 7) is 9.78. The van der Waals surface area contributed by atoms with Crippen LogP contribution >= 0.6 is 11.8 Å². The molecule has 0 radical (unpaired) electrons. The van der Waals surface area contributed by atoms with Crippen LogP contribution in [0.15, 0.2) is 123 Å². The third kappa shape index (κ3) is 7.11. The summed E-state index contributed by atoms with van der Waals surface area (Å²) in [5.41, 5.74) is 19.2. The van der Waals surface area contributed by atoms with Gasteiger partial charge in [-0.05, 0) is 86.2 Å². The molecule has 0 spiro atoms. The van der Waals surface area contributed by atoms with Crippen molar-refractivity contribution in [1.82, 2.24) is 9.38 Å². The van der Waals surface area contributed by atoms with Gasteiger partial charge in [0.1, 0.15) is 0 Å². The zero-order valence-electron chi connectivity index (χ0n) is 40.6. The van der Waals surface area contributed by atoms with Gasteiger partial charge in [0.2, 0.25) is 0 Å². The first-order valence-electron chi connectivity index (χ1n) is 22.9. The molecule has 1 aliphatic heterocycles. The highest BCUT2D eigenvalue weighted by Crippen LogP contribution is 2.57. The molecule has 300 valence electrons. The number of rotatable bonds is 7. The lowest BCUT2D eigenvalue weighted by molar-refractivity contribution is 0.296. The van der Waals surface area contributed by atoms with Gasteiger partial charge in [0.15, 0.2) is 5.58 Å². The van der Waals surface area contributed by atoms with Crippen LogP contribution in [0.3, 0.4) is 0 Å². The van der Waals surface area contributed by atoms with Crippen LogP contribution in [0.4, 0.5) is 0 Å². The van der Waals surface area contributed by atoms with E-state index in [2.05, 4.69) is 229 Å². The molecule has 9 rings (SSSR count). The minimum atomic E-state index is -0.146. The Balaban J connectivity index is 1.36. The lowest BCUT2D eigenvalue weighted by Gasteiger charge is -2.43. The van der Waals surface area contributed by atoms with Gasteiger partial charge in [-0.2, -0.15) is 4.98 Å². The van der Waals surface area contributed by atoms with Crippen LogP contribution in [0.5, 0.6) is 0 Å². The SMILES string of the molecule is BC(B)(B)c1ccc(-c2c(C(B)(B)B)ccc3c2Sc2ccccc2C(C)(C)C3(C)C)cc1-c1cc(-c2c(C(B)(B)B)ccc3c2oc2nc4ccccc4n23)ccc1C(B)(B)B.